The molecular weight excluding hydrogens is 198 g/mol. The summed E-state index contributed by atoms with van der Waals surface area (Å²) in [7, 11) is 1.71. The summed E-state index contributed by atoms with van der Waals surface area (Å²) in [5.41, 5.74) is 1.16. The van der Waals surface area contributed by atoms with E-state index in [-0.39, 0.29) is 0 Å². The average molecular weight is 219 g/mol. The molecule has 1 aromatic carbocycles. The monoisotopic (exact) mass is 219 g/mol. The second kappa shape index (κ2) is 5.78. The molecule has 2 nitrogen and oxygen atoms in total. The molecule has 0 atom stereocenters. The summed E-state index contributed by atoms with van der Waals surface area (Å²) in [6, 6.07) is 8.14. The summed E-state index contributed by atoms with van der Waals surface area (Å²) >= 11 is 0. The van der Waals surface area contributed by atoms with Crippen LogP contribution in [-0.4, -0.2) is 13.7 Å². The van der Waals surface area contributed by atoms with Crippen molar-refractivity contribution in [1.82, 2.24) is 0 Å². The van der Waals surface area contributed by atoms with Gasteiger partial charge in [0, 0.05) is 18.3 Å². The van der Waals surface area contributed by atoms with Crippen LogP contribution >= 0.6 is 0 Å². The number of benzene rings is 1. The van der Waals surface area contributed by atoms with Gasteiger partial charge in [0.15, 0.2) is 0 Å². The average Bonchev–Trinajstić information content (AvgIpc) is 2.82. The molecule has 1 fully saturated rings. The van der Waals surface area contributed by atoms with E-state index >= 15 is 0 Å². The second-order valence-electron chi connectivity index (χ2n) is 4.60. The Morgan fingerprint density at radius 1 is 1.31 bits per heavy atom. The third kappa shape index (κ3) is 3.16. The van der Waals surface area contributed by atoms with E-state index in [1.807, 2.05) is 12.1 Å². The highest BCUT2D eigenvalue weighted by molar-refractivity contribution is 5.47. The Morgan fingerprint density at radius 2 is 2.12 bits per heavy atom. The van der Waals surface area contributed by atoms with Crippen molar-refractivity contribution in [2.45, 2.75) is 32.1 Å². The molecule has 0 aromatic heterocycles. The first-order valence-corrected chi connectivity index (χ1v) is 6.26. The number of anilines is 1. The van der Waals surface area contributed by atoms with E-state index in [2.05, 4.69) is 17.4 Å². The summed E-state index contributed by atoms with van der Waals surface area (Å²) in [6.45, 7) is 1.08. The fraction of sp³-hybridized carbons (Fsp3) is 0.571. The quantitative estimate of drug-likeness (QED) is 0.815. The number of ether oxygens (including phenoxy) is 1. The molecule has 0 radical (unpaired) electrons. The minimum Gasteiger partial charge on any atom is -0.497 e. The van der Waals surface area contributed by atoms with Crippen LogP contribution in [0.25, 0.3) is 0 Å². The Balaban J connectivity index is 1.75. The standard InChI is InChI=1S/C14H21NO/c1-16-14-8-4-7-13(11-14)15-10-9-12-5-2-3-6-12/h4,7-8,11-12,15H,2-3,5-6,9-10H2,1H3. The number of hydrogen-bond acceptors (Lipinski definition) is 2. The van der Waals surface area contributed by atoms with Gasteiger partial charge in [-0.2, -0.15) is 0 Å². The van der Waals surface area contributed by atoms with Gasteiger partial charge in [-0.05, 0) is 24.5 Å². The Hall–Kier alpha value is -1.18. The van der Waals surface area contributed by atoms with E-state index < -0.39 is 0 Å². The van der Waals surface area contributed by atoms with Gasteiger partial charge in [0.1, 0.15) is 5.75 Å². The topological polar surface area (TPSA) is 21.3 Å². The van der Waals surface area contributed by atoms with E-state index in [1.54, 1.807) is 7.11 Å². The van der Waals surface area contributed by atoms with Gasteiger partial charge in [-0.1, -0.05) is 31.7 Å². The first-order valence-electron chi connectivity index (χ1n) is 6.26. The van der Waals surface area contributed by atoms with Crippen molar-refractivity contribution in [2.24, 2.45) is 5.92 Å². The van der Waals surface area contributed by atoms with Crippen molar-refractivity contribution in [1.29, 1.82) is 0 Å². The smallest absolute Gasteiger partial charge is 0.120 e. The molecule has 2 rings (SSSR count). The molecule has 1 aromatic rings. The first-order chi connectivity index (χ1) is 7.88. The van der Waals surface area contributed by atoms with Gasteiger partial charge in [-0.15, -0.1) is 0 Å². The van der Waals surface area contributed by atoms with Crippen molar-refractivity contribution < 1.29 is 4.74 Å². The SMILES string of the molecule is COc1cccc(NCCC2CCCC2)c1. The largest absolute Gasteiger partial charge is 0.497 e. The van der Waals surface area contributed by atoms with Gasteiger partial charge in [0.25, 0.3) is 0 Å². The minimum absolute atomic E-state index is 0.922. The van der Waals surface area contributed by atoms with Crippen LogP contribution in [0.3, 0.4) is 0 Å². The number of nitrogens with one attached hydrogen (secondary N) is 1. The van der Waals surface area contributed by atoms with Gasteiger partial charge in [0.05, 0.1) is 7.11 Å². The molecule has 1 saturated carbocycles. The maximum absolute atomic E-state index is 5.19. The molecule has 0 spiro atoms. The predicted molar refractivity (Wildman–Crippen MR) is 68.1 cm³/mol. The van der Waals surface area contributed by atoms with Crippen molar-refractivity contribution in [2.75, 3.05) is 19.0 Å². The lowest BCUT2D eigenvalue weighted by atomic mass is 10.0. The second-order valence-corrected chi connectivity index (χ2v) is 4.60. The summed E-state index contributed by atoms with van der Waals surface area (Å²) in [4.78, 5) is 0. The maximum Gasteiger partial charge on any atom is 0.120 e. The van der Waals surface area contributed by atoms with Gasteiger partial charge < -0.3 is 10.1 Å². The van der Waals surface area contributed by atoms with Crippen molar-refractivity contribution in [3.63, 3.8) is 0 Å². The van der Waals surface area contributed by atoms with Gasteiger partial charge >= 0.3 is 0 Å². The predicted octanol–water partition coefficient (Wildman–Crippen LogP) is 3.69. The molecule has 0 aliphatic heterocycles. The zero-order valence-corrected chi connectivity index (χ0v) is 10.0. The summed E-state index contributed by atoms with van der Waals surface area (Å²) in [6.07, 6.45) is 7.03. The molecular formula is C14H21NO. The Morgan fingerprint density at radius 3 is 2.88 bits per heavy atom. The van der Waals surface area contributed by atoms with Crippen LogP contribution in [0.4, 0.5) is 5.69 Å². The number of hydrogen-bond donors (Lipinski definition) is 1. The van der Waals surface area contributed by atoms with Crippen LogP contribution in [0, 0.1) is 5.92 Å². The third-order valence-electron chi connectivity index (χ3n) is 3.43. The van der Waals surface area contributed by atoms with E-state index in [0.29, 0.717) is 0 Å². The molecule has 0 amide bonds. The number of rotatable bonds is 5. The van der Waals surface area contributed by atoms with E-state index in [9.17, 15) is 0 Å². The Bertz CT molecular complexity index is 318. The van der Waals surface area contributed by atoms with Crippen molar-refractivity contribution >= 4 is 5.69 Å². The fourth-order valence-electron chi connectivity index (χ4n) is 2.45. The van der Waals surface area contributed by atoms with Crippen LogP contribution in [0.15, 0.2) is 24.3 Å². The van der Waals surface area contributed by atoms with Crippen molar-refractivity contribution in [3.05, 3.63) is 24.3 Å². The fourth-order valence-corrected chi connectivity index (χ4v) is 2.45. The lowest BCUT2D eigenvalue weighted by Gasteiger charge is -2.11. The molecule has 0 unspecified atom stereocenters. The normalized spacial score (nSPS) is 16.3. The Labute approximate surface area is 98.0 Å². The highest BCUT2D eigenvalue weighted by atomic mass is 16.5. The van der Waals surface area contributed by atoms with Crippen LogP contribution in [0.1, 0.15) is 32.1 Å². The van der Waals surface area contributed by atoms with Crippen LogP contribution in [-0.2, 0) is 0 Å². The summed E-state index contributed by atoms with van der Waals surface area (Å²) in [5, 5.41) is 3.47. The van der Waals surface area contributed by atoms with Crippen LogP contribution in [0.5, 0.6) is 5.75 Å². The zero-order chi connectivity index (χ0) is 11.2. The molecule has 0 bridgehead atoms. The van der Waals surface area contributed by atoms with E-state index in [4.69, 9.17) is 4.74 Å². The molecule has 0 saturated heterocycles. The molecule has 16 heavy (non-hydrogen) atoms. The molecule has 88 valence electrons. The molecule has 1 aliphatic rings. The first kappa shape index (κ1) is 11.3. The van der Waals surface area contributed by atoms with E-state index in [1.165, 1.54) is 32.1 Å². The van der Waals surface area contributed by atoms with Crippen molar-refractivity contribution in [3.8, 4) is 5.75 Å². The summed E-state index contributed by atoms with van der Waals surface area (Å²) in [5.74, 6) is 1.88. The third-order valence-corrected chi connectivity index (χ3v) is 3.43. The molecule has 2 heteroatoms. The molecule has 1 aliphatic carbocycles. The lowest BCUT2D eigenvalue weighted by molar-refractivity contribution is 0.415. The molecule has 1 N–H and O–H groups in total. The highest BCUT2D eigenvalue weighted by Crippen LogP contribution is 2.27. The van der Waals surface area contributed by atoms with Gasteiger partial charge in [-0.3, -0.25) is 0 Å². The zero-order valence-electron chi connectivity index (χ0n) is 10.0. The number of methoxy groups -OCH3 is 1. The summed E-state index contributed by atoms with van der Waals surface area (Å²) < 4.78 is 5.19. The van der Waals surface area contributed by atoms with Crippen LogP contribution < -0.4 is 10.1 Å². The van der Waals surface area contributed by atoms with E-state index in [0.717, 1.165) is 23.9 Å². The van der Waals surface area contributed by atoms with Crippen LogP contribution in [0.2, 0.25) is 0 Å². The van der Waals surface area contributed by atoms with Gasteiger partial charge in [-0.25, -0.2) is 0 Å². The van der Waals surface area contributed by atoms with Gasteiger partial charge in [0.2, 0.25) is 0 Å². The minimum atomic E-state index is 0.922. The highest BCUT2D eigenvalue weighted by Gasteiger charge is 2.13. The Kier molecular flexibility index (Phi) is 4.09. The molecule has 0 heterocycles. The maximum atomic E-state index is 5.19. The lowest BCUT2D eigenvalue weighted by Crippen LogP contribution is -2.06.